The van der Waals surface area contributed by atoms with Gasteiger partial charge in [0.05, 0.1) is 19.3 Å². The van der Waals surface area contributed by atoms with Crippen molar-refractivity contribution in [3.63, 3.8) is 0 Å². The van der Waals surface area contributed by atoms with Gasteiger partial charge >= 0.3 is 0 Å². The highest BCUT2D eigenvalue weighted by molar-refractivity contribution is 6.04. The lowest BCUT2D eigenvalue weighted by molar-refractivity contribution is 0.0759. The van der Waals surface area contributed by atoms with Gasteiger partial charge in [-0.2, -0.15) is 0 Å². The molecule has 0 atom stereocenters. The normalized spacial score (nSPS) is 18.6. The fourth-order valence-corrected chi connectivity index (χ4v) is 4.43. The number of methoxy groups -OCH3 is 1. The Hall–Kier alpha value is -2.54. The van der Waals surface area contributed by atoms with Crippen LogP contribution in [0.25, 0.3) is 11.3 Å². The van der Waals surface area contributed by atoms with Gasteiger partial charge < -0.3 is 24.6 Å². The Bertz CT molecular complexity index is 834. The van der Waals surface area contributed by atoms with E-state index in [0.29, 0.717) is 17.1 Å². The van der Waals surface area contributed by atoms with Crippen LogP contribution in [0.2, 0.25) is 0 Å². The Morgan fingerprint density at radius 1 is 1.17 bits per heavy atom. The lowest BCUT2D eigenvalue weighted by atomic mass is 9.82. The number of hydrogen-bond acceptors (Lipinski definition) is 6. The molecule has 29 heavy (non-hydrogen) atoms. The van der Waals surface area contributed by atoms with Crippen LogP contribution >= 0.6 is 0 Å². The molecule has 2 aromatic rings. The molecular weight excluding hydrogens is 370 g/mol. The highest BCUT2D eigenvalue weighted by Gasteiger charge is 2.36. The van der Waals surface area contributed by atoms with Crippen molar-refractivity contribution < 1.29 is 19.2 Å². The summed E-state index contributed by atoms with van der Waals surface area (Å²) in [6, 6.07) is 7.41. The summed E-state index contributed by atoms with van der Waals surface area (Å²) in [6.07, 6.45) is 6.89. The lowest BCUT2D eigenvalue weighted by Crippen LogP contribution is -2.52. The number of benzene rings is 1. The van der Waals surface area contributed by atoms with E-state index in [1.165, 1.54) is 0 Å². The first-order valence-electron chi connectivity index (χ1n) is 10.5. The number of rotatable bonds is 6. The van der Waals surface area contributed by atoms with Gasteiger partial charge in [0, 0.05) is 18.7 Å². The molecule has 1 saturated carbocycles. The maximum Gasteiger partial charge on any atom is 0.259 e. The second-order valence-corrected chi connectivity index (χ2v) is 8.09. The zero-order chi connectivity index (χ0) is 20.3. The first kappa shape index (κ1) is 19.8. The van der Waals surface area contributed by atoms with Gasteiger partial charge in [-0.25, -0.2) is 0 Å². The molecule has 1 aliphatic heterocycles. The van der Waals surface area contributed by atoms with Crippen molar-refractivity contribution in [3.05, 3.63) is 29.8 Å². The lowest BCUT2D eigenvalue weighted by Gasteiger charge is -2.36. The molecule has 1 aromatic heterocycles. The number of amides is 1. The van der Waals surface area contributed by atoms with E-state index in [2.05, 4.69) is 15.4 Å². The number of anilines is 1. The summed E-state index contributed by atoms with van der Waals surface area (Å²) in [5.41, 5.74) is 0.664. The molecule has 1 saturated heterocycles. The summed E-state index contributed by atoms with van der Waals surface area (Å²) in [5, 5.41) is 17.5. The first-order valence-corrected chi connectivity index (χ1v) is 10.5. The number of carbonyl (C=O) groups is 1. The molecule has 156 valence electrons. The molecule has 2 N–H and O–H groups in total. The minimum atomic E-state index is -0.563. The van der Waals surface area contributed by atoms with Crippen molar-refractivity contribution in [3.8, 4) is 17.1 Å². The number of aliphatic hydroxyl groups excluding tert-OH is 1. The van der Waals surface area contributed by atoms with Gasteiger partial charge in [0.2, 0.25) is 0 Å². The van der Waals surface area contributed by atoms with Gasteiger partial charge in [0.25, 0.3) is 5.91 Å². The molecule has 1 amide bonds. The number of aliphatic hydroxyl groups is 1. The fraction of sp³-hybridized carbons (Fsp3) is 0.545. The summed E-state index contributed by atoms with van der Waals surface area (Å²) in [6.45, 7) is 1.67. The van der Waals surface area contributed by atoms with Crippen LogP contribution in [0.1, 0.15) is 55.3 Å². The summed E-state index contributed by atoms with van der Waals surface area (Å²) < 4.78 is 10.9. The van der Waals surface area contributed by atoms with Gasteiger partial charge in [0.1, 0.15) is 11.3 Å². The van der Waals surface area contributed by atoms with Crippen LogP contribution in [0.15, 0.2) is 28.8 Å². The van der Waals surface area contributed by atoms with Gasteiger partial charge in [-0.05, 0) is 49.9 Å². The molecule has 1 aliphatic carbocycles. The molecule has 7 heteroatoms. The van der Waals surface area contributed by atoms with Crippen molar-refractivity contribution in [2.45, 2.75) is 50.5 Å². The van der Waals surface area contributed by atoms with E-state index >= 15 is 0 Å². The largest absolute Gasteiger partial charge is 0.497 e. The average molecular weight is 399 g/mol. The Balaban J connectivity index is 1.70. The Morgan fingerprint density at radius 2 is 1.86 bits per heavy atom. The van der Waals surface area contributed by atoms with Gasteiger partial charge in [0.15, 0.2) is 11.6 Å². The summed E-state index contributed by atoms with van der Waals surface area (Å²) in [7, 11) is 1.62. The fourth-order valence-electron chi connectivity index (χ4n) is 4.43. The zero-order valence-corrected chi connectivity index (χ0v) is 16.9. The Labute approximate surface area is 171 Å². The Kier molecular flexibility index (Phi) is 5.76. The topological polar surface area (TPSA) is 87.8 Å². The van der Waals surface area contributed by atoms with Crippen molar-refractivity contribution in [1.29, 1.82) is 0 Å². The summed E-state index contributed by atoms with van der Waals surface area (Å²) in [4.78, 5) is 15.6. The minimum Gasteiger partial charge on any atom is -0.497 e. The molecule has 1 aromatic carbocycles. The third-order valence-electron chi connectivity index (χ3n) is 6.15. The number of aromatic nitrogens is 1. The van der Waals surface area contributed by atoms with Crippen LogP contribution < -0.4 is 15.0 Å². The maximum absolute atomic E-state index is 13.5. The van der Waals surface area contributed by atoms with Crippen LogP contribution in [-0.2, 0) is 0 Å². The molecule has 0 spiro atoms. The quantitative estimate of drug-likeness (QED) is 0.774. The van der Waals surface area contributed by atoms with Crippen LogP contribution in [-0.4, -0.2) is 48.5 Å². The summed E-state index contributed by atoms with van der Waals surface area (Å²) >= 11 is 0. The minimum absolute atomic E-state index is 0.0546. The maximum atomic E-state index is 13.5. The van der Waals surface area contributed by atoms with E-state index < -0.39 is 5.54 Å². The van der Waals surface area contributed by atoms with Crippen LogP contribution in [0.3, 0.4) is 0 Å². The van der Waals surface area contributed by atoms with E-state index in [4.69, 9.17) is 9.26 Å². The van der Waals surface area contributed by atoms with Gasteiger partial charge in [-0.1, -0.05) is 24.4 Å². The van der Waals surface area contributed by atoms with Gasteiger partial charge in [-0.15, -0.1) is 0 Å². The van der Waals surface area contributed by atoms with Crippen molar-refractivity contribution in [2.75, 3.05) is 31.7 Å². The summed E-state index contributed by atoms with van der Waals surface area (Å²) in [5.74, 6) is 1.56. The molecule has 2 aliphatic rings. The third-order valence-corrected chi connectivity index (χ3v) is 6.15. The molecule has 4 rings (SSSR count). The SMILES string of the molecule is COc1ccc(-c2onc(N3CCCC3)c2C(=O)NC2(CO)CCCCC2)cc1. The Morgan fingerprint density at radius 3 is 2.48 bits per heavy atom. The monoisotopic (exact) mass is 399 g/mol. The predicted octanol–water partition coefficient (Wildman–Crippen LogP) is 3.38. The molecule has 0 unspecified atom stereocenters. The van der Waals surface area contributed by atoms with Crippen molar-refractivity contribution in [2.24, 2.45) is 0 Å². The van der Waals surface area contributed by atoms with Crippen molar-refractivity contribution >= 4 is 11.7 Å². The smallest absolute Gasteiger partial charge is 0.259 e. The molecular formula is C22H29N3O4. The van der Waals surface area contributed by atoms with Crippen molar-refractivity contribution in [1.82, 2.24) is 10.5 Å². The van der Waals surface area contributed by atoms with E-state index in [1.807, 2.05) is 24.3 Å². The van der Waals surface area contributed by atoms with E-state index in [0.717, 1.165) is 69.3 Å². The van der Waals surface area contributed by atoms with E-state index in [9.17, 15) is 9.90 Å². The van der Waals surface area contributed by atoms with Gasteiger partial charge in [-0.3, -0.25) is 4.79 Å². The van der Waals surface area contributed by atoms with Crippen LogP contribution in [0.4, 0.5) is 5.82 Å². The second kappa shape index (κ2) is 8.45. The molecule has 0 radical (unpaired) electrons. The average Bonchev–Trinajstić information content (AvgIpc) is 3.44. The molecule has 0 bridgehead atoms. The van der Waals surface area contributed by atoms with E-state index in [1.54, 1.807) is 7.11 Å². The predicted molar refractivity (Wildman–Crippen MR) is 110 cm³/mol. The van der Waals surface area contributed by atoms with E-state index in [-0.39, 0.29) is 12.5 Å². The third kappa shape index (κ3) is 3.96. The number of nitrogens with one attached hydrogen (secondary N) is 1. The highest BCUT2D eigenvalue weighted by atomic mass is 16.5. The first-order chi connectivity index (χ1) is 14.2. The standard InChI is InChI=1S/C22H29N3O4/c1-28-17-9-7-16(8-10-17)19-18(20(24-29-19)25-13-5-6-14-25)21(27)23-22(15-26)11-3-2-4-12-22/h7-10,26H,2-6,11-15H2,1H3,(H,23,27). The molecule has 2 fully saturated rings. The number of ether oxygens (including phenoxy) is 1. The second-order valence-electron chi connectivity index (χ2n) is 8.09. The molecule has 2 heterocycles. The van der Waals surface area contributed by atoms with Crippen LogP contribution in [0.5, 0.6) is 5.75 Å². The van der Waals surface area contributed by atoms with Crippen LogP contribution in [0, 0.1) is 0 Å². The number of nitrogens with zero attached hydrogens (tertiary/aromatic N) is 2. The number of carbonyl (C=O) groups excluding carboxylic acids is 1. The number of hydrogen-bond donors (Lipinski definition) is 2. The zero-order valence-electron chi connectivity index (χ0n) is 16.9. The highest BCUT2D eigenvalue weighted by Crippen LogP contribution is 2.35. The molecule has 7 nitrogen and oxygen atoms in total.